The molecule has 0 aliphatic rings. The quantitative estimate of drug-likeness (QED) is 0.536. The van der Waals surface area contributed by atoms with Gasteiger partial charge in [0.15, 0.2) is 5.65 Å². The number of fused-ring (bicyclic) bond motifs is 1. The first-order valence-corrected chi connectivity index (χ1v) is 7.71. The second-order valence-electron chi connectivity index (χ2n) is 5.61. The van der Waals surface area contributed by atoms with Gasteiger partial charge in [0.25, 0.3) is 5.56 Å². The Morgan fingerprint density at radius 2 is 1.80 bits per heavy atom. The Kier molecular flexibility index (Phi) is 3.50. The molecule has 0 amide bonds. The van der Waals surface area contributed by atoms with Gasteiger partial charge in [-0.05, 0) is 23.8 Å². The maximum atomic E-state index is 12.0. The smallest absolute Gasteiger partial charge is 0.273 e. The van der Waals surface area contributed by atoms with Crippen molar-refractivity contribution in [2.24, 2.45) is 0 Å². The van der Waals surface area contributed by atoms with Crippen molar-refractivity contribution in [1.29, 1.82) is 0 Å². The summed E-state index contributed by atoms with van der Waals surface area (Å²) in [6, 6.07) is 16.5. The molecule has 4 rings (SSSR count). The number of aromatic nitrogens is 3. The minimum absolute atomic E-state index is 0.0567. The van der Waals surface area contributed by atoms with E-state index in [1.54, 1.807) is 25.3 Å². The van der Waals surface area contributed by atoms with Crippen molar-refractivity contribution in [2.75, 3.05) is 7.11 Å². The van der Waals surface area contributed by atoms with Crippen molar-refractivity contribution in [2.45, 2.75) is 0 Å². The standard InChI is InChI=1S/C19H15N3O3/c1-25-12-7-8-13(16(23)9-12)17-14(11-5-3-2-4-6-11)10-15-18(20-17)21-22-19(15)24/h2-10,23H,1H3,(H2,20,21,22,24). The van der Waals surface area contributed by atoms with Gasteiger partial charge in [-0.25, -0.2) is 4.98 Å². The predicted molar refractivity (Wildman–Crippen MR) is 95.8 cm³/mol. The maximum Gasteiger partial charge on any atom is 0.273 e. The lowest BCUT2D eigenvalue weighted by atomic mass is 9.98. The van der Waals surface area contributed by atoms with Crippen LogP contribution >= 0.6 is 0 Å². The molecule has 0 fully saturated rings. The minimum Gasteiger partial charge on any atom is -0.507 e. The average molecular weight is 333 g/mol. The topological polar surface area (TPSA) is 91.0 Å². The van der Waals surface area contributed by atoms with Crippen LogP contribution in [-0.2, 0) is 0 Å². The van der Waals surface area contributed by atoms with Crippen molar-refractivity contribution >= 4 is 11.0 Å². The van der Waals surface area contributed by atoms with E-state index in [0.717, 1.165) is 11.1 Å². The maximum absolute atomic E-state index is 12.0. The molecule has 0 unspecified atom stereocenters. The van der Waals surface area contributed by atoms with Crippen LogP contribution in [0.2, 0.25) is 0 Å². The number of aromatic amines is 2. The van der Waals surface area contributed by atoms with Crippen molar-refractivity contribution in [1.82, 2.24) is 15.2 Å². The van der Waals surface area contributed by atoms with Gasteiger partial charge in [0.1, 0.15) is 11.5 Å². The van der Waals surface area contributed by atoms with Crippen molar-refractivity contribution in [3.8, 4) is 33.9 Å². The number of pyridine rings is 1. The third-order valence-electron chi connectivity index (χ3n) is 4.11. The lowest BCUT2D eigenvalue weighted by molar-refractivity contribution is 0.408. The molecule has 6 heteroatoms. The van der Waals surface area contributed by atoms with Crippen molar-refractivity contribution < 1.29 is 9.84 Å². The SMILES string of the molecule is COc1ccc(-c2nc3[nH][nH]c(=O)c3cc2-c2ccccc2)c(O)c1. The molecule has 0 atom stereocenters. The minimum atomic E-state index is -0.231. The number of methoxy groups -OCH3 is 1. The van der Waals surface area contributed by atoms with Gasteiger partial charge in [-0.15, -0.1) is 0 Å². The summed E-state index contributed by atoms with van der Waals surface area (Å²) in [6.45, 7) is 0. The van der Waals surface area contributed by atoms with E-state index < -0.39 is 0 Å². The van der Waals surface area contributed by atoms with Gasteiger partial charge >= 0.3 is 0 Å². The second-order valence-corrected chi connectivity index (χ2v) is 5.61. The second kappa shape index (κ2) is 5.83. The van der Waals surface area contributed by atoms with Gasteiger partial charge in [-0.3, -0.25) is 15.0 Å². The summed E-state index contributed by atoms with van der Waals surface area (Å²) < 4.78 is 5.14. The van der Waals surface area contributed by atoms with Crippen LogP contribution in [0, 0.1) is 0 Å². The fraction of sp³-hybridized carbons (Fsp3) is 0.0526. The average Bonchev–Trinajstić information content (AvgIpc) is 3.01. The van der Waals surface area contributed by atoms with Crippen LogP contribution in [0.15, 0.2) is 59.4 Å². The highest BCUT2D eigenvalue weighted by atomic mass is 16.5. The van der Waals surface area contributed by atoms with E-state index in [2.05, 4.69) is 15.2 Å². The molecule has 0 aliphatic carbocycles. The van der Waals surface area contributed by atoms with Crippen LogP contribution < -0.4 is 10.3 Å². The van der Waals surface area contributed by atoms with E-state index in [4.69, 9.17) is 4.74 Å². The zero-order chi connectivity index (χ0) is 17.4. The molecule has 0 saturated carbocycles. The molecule has 124 valence electrons. The number of H-pyrrole nitrogens is 2. The Hall–Kier alpha value is -3.54. The van der Waals surface area contributed by atoms with Crippen molar-refractivity contribution in [3.63, 3.8) is 0 Å². The number of aromatic hydroxyl groups is 1. The van der Waals surface area contributed by atoms with Gasteiger partial charge in [0.05, 0.1) is 18.2 Å². The highest BCUT2D eigenvalue weighted by Crippen LogP contribution is 2.38. The molecule has 0 bridgehead atoms. The number of phenolic OH excluding ortho intramolecular Hbond substituents is 1. The third-order valence-corrected chi connectivity index (χ3v) is 4.11. The summed E-state index contributed by atoms with van der Waals surface area (Å²) in [4.78, 5) is 16.5. The van der Waals surface area contributed by atoms with Gasteiger partial charge in [-0.1, -0.05) is 30.3 Å². The van der Waals surface area contributed by atoms with Crippen LogP contribution in [0.3, 0.4) is 0 Å². The van der Waals surface area contributed by atoms with Crippen LogP contribution in [0.5, 0.6) is 11.5 Å². The Morgan fingerprint density at radius 3 is 2.52 bits per heavy atom. The molecule has 0 saturated heterocycles. The number of hydrogen-bond donors (Lipinski definition) is 3. The van der Waals surface area contributed by atoms with E-state index in [-0.39, 0.29) is 11.3 Å². The number of ether oxygens (including phenoxy) is 1. The lowest BCUT2D eigenvalue weighted by Gasteiger charge is -2.12. The predicted octanol–water partition coefficient (Wildman–Crippen LogP) is 3.30. The first kappa shape index (κ1) is 15.0. The largest absolute Gasteiger partial charge is 0.507 e. The molecule has 25 heavy (non-hydrogen) atoms. The normalized spacial score (nSPS) is 10.9. The molecule has 0 aliphatic heterocycles. The highest BCUT2D eigenvalue weighted by Gasteiger charge is 2.16. The number of hydrogen-bond acceptors (Lipinski definition) is 4. The first-order valence-electron chi connectivity index (χ1n) is 7.71. The Labute approximate surface area is 142 Å². The molecule has 3 N–H and O–H groups in total. The first-order chi connectivity index (χ1) is 12.2. The molecular formula is C19H15N3O3. The zero-order valence-corrected chi connectivity index (χ0v) is 13.4. The molecule has 0 radical (unpaired) electrons. The summed E-state index contributed by atoms with van der Waals surface area (Å²) in [5.74, 6) is 0.611. The van der Waals surface area contributed by atoms with Crippen LogP contribution in [0.25, 0.3) is 33.4 Å². The van der Waals surface area contributed by atoms with E-state index in [1.807, 2.05) is 30.3 Å². The fourth-order valence-corrected chi connectivity index (χ4v) is 2.85. The number of rotatable bonds is 3. The fourth-order valence-electron chi connectivity index (χ4n) is 2.85. The number of phenols is 1. The van der Waals surface area contributed by atoms with E-state index >= 15 is 0 Å². The summed E-state index contributed by atoms with van der Waals surface area (Å²) in [5, 5.41) is 16.2. The molecule has 2 heterocycles. The van der Waals surface area contributed by atoms with Gasteiger partial charge in [0.2, 0.25) is 0 Å². The van der Waals surface area contributed by atoms with E-state index in [1.165, 1.54) is 6.07 Å². The van der Waals surface area contributed by atoms with Crippen molar-refractivity contribution in [3.05, 3.63) is 65.0 Å². The monoisotopic (exact) mass is 333 g/mol. The van der Waals surface area contributed by atoms with Gasteiger partial charge in [0, 0.05) is 17.2 Å². The summed E-state index contributed by atoms with van der Waals surface area (Å²) in [5.41, 5.74) is 3.01. The summed E-state index contributed by atoms with van der Waals surface area (Å²) in [7, 11) is 1.54. The summed E-state index contributed by atoms with van der Waals surface area (Å²) in [6.07, 6.45) is 0. The Morgan fingerprint density at radius 1 is 1.00 bits per heavy atom. The van der Waals surface area contributed by atoms with Crippen LogP contribution in [0.1, 0.15) is 0 Å². The zero-order valence-electron chi connectivity index (χ0n) is 13.4. The van der Waals surface area contributed by atoms with Gasteiger partial charge in [-0.2, -0.15) is 0 Å². The molecular weight excluding hydrogens is 318 g/mol. The highest BCUT2D eigenvalue weighted by molar-refractivity contribution is 5.91. The number of nitrogens with one attached hydrogen (secondary N) is 2. The lowest BCUT2D eigenvalue weighted by Crippen LogP contribution is -1.99. The number of benzene rings is 2. The molecule has 2 aromatic carbocycles. The van der Waals surface area contributed by atoms with Gasteiger partial charge < -0.3 is 9.84 Å². The molecule has 6 nitrogen and oxygen atoms in total. The van der Waals surface area contributed by atoms with Crippen LogP contribution in [-0.4, -0.2) is 27.4 Å². The number of nitrogens with zero attached hydrogens (tertiary/aromatic N) is 1. The third kappa shape index (κ3) is 2.53. The van der Waals surface area contributed by atoms with E-state index in [0.29, 0.717) is 28.0 Å². The molecule has 2 aromatic heterocycles. The van der Waals surface area contributed by atoms with E-state index in [9.17, 15) is 9.90 Å². The van der Waals surface area contributed by atoms with Crippen LogP contribution in [0.4, 0.5) is 0 Å². The summed E-state index contributed by atoms with van der Waals surface area (Å²) >= 11 is 0. The Balaban J connectivity index is 2.03. The Bertz CT molecular complexity index is 1110. The molecule has 0 spiro atoms. The molecule has 4 aromatic rings.